The molecule has 100 valence electrons. The minimum atomic E-state index is -4.83. The summed E-state index contributed by atoms with van der Waals surface area (Å²) in [6.07, 6.45) is -2.61. The maximum atomic E-state index is 12.7. The Kier molecular flexibility index (Phi) is 4.95. The molecule has 0 fully saturated rings. The molecule has 0 atom stereocenters. The Morgan fingerprint density at radius 1 is 1.12 bits per heavy atom. The zero-order valence-electron chi connectivity index (χ0n) is 8.45. The lowest BCUT2D eigenvalue weighted by Gasteiger charge is -2.34. The Hall–Kier alpha value is -0.400. The molecule has 17 heavy (non-hydrogen) atoms. The Balaban J connectivity index is 5.12. The first kappa shape index (κ1) is 16.6. The summed E-state index contributed by atoms with van der Waals surface area (Å²) in [4.78, 5) is 21.5. The fourth-order valence-electron chi connectivity index (χ4n) is 0.987. The van der Waals surface area contributed by atoms with Crippen molar-refractivity contribution in [1.29, 1.82) is 0 Å². The summed E-state index contributed by atoms with van der Waals surface area (Å²) in [5.41, 5.74) is -4.25. The molecule has 0 aromatic carbocycles. The van der Waals surface area contributed by atoms with Crippen LogP contribution in [-0.2, 0) is 9.59 Å². The summed E-state index contributed by atoms with van der Waals surface area (Å²) in [5, 5.41) is -0.586. The van der Waals surface area contributed by atoms with E-state index in [0.29, 0.717) is 0 Å². The van der Waals surface area contributed by atoms with Crippen LogP contribution in [0.3, 0.4) is 0 Å². The first-order valence-electron chi connectivity index (χ1n) is 4.18. The minimum absolute atomic E-state index is 0.729. The zero-order chi connectivity index (χ0) is 14.1. The van der Waals surface area contributed by atoms with Crippen molar-refractivity contribution < 1.29 is 32.3 Å². The fraction of sp³-hybridized carbons (Fsp3) is 0.750. The standard InChI is InChI=1S/C8H8Cl2F4O3/c1-4(15)2-5(16)3-6(17,7(9,11)12)8(10,13)14/h17H,2-3H2,1H3. The van der Waals surface area contributed by atoms with E-state index in [1.54, 1.807) is 0 Å². The molecule has 0 aliphatic heterocycles. The van der Waals surface area contributed by atoms with E-state index in [0.717, 1.165) is 6.92 Å². The van der Waals surface area contributed by atoms with E-state index in [-0.39, 0.29) is 0 Å². The lowest BCUT2D eigenvalue weighted by molar-refractivity contribution is -0.219. The van der Waals surface area contributed by atoms with Gasteiger partial charge in [-0.25, -0.2) is 0 Å². The Labute approximate surface area is 104 Å². The third kappa shape index (κ3) is 4.08. The molecule has 9 heteroatoms. The highest BCUT2D eigenvalue weighted by atomic mass is 35.5. The average molecular weight is 299 g/mol. The van der Waals surface area contributed by atoms with Gasteiger partial charge in [0.05, 0.1) is 12.8 Å². The van der Waals surface area contributed by atoms with E-state index in [1.807, 2.05) is 0 Å². The number of Topliss-reactive ketones (excluding diaryl/α,β-unsaturated/α-hetero) is 2. The summed E-state index contributed by atoms with van der Waals surface area (Å²) < 4.78 is 50.7. The number of aliphatic hydroxyl groups is 1. The van der Waals surface area contributed by atoms with Gasteiger partial charge in [0.2, 0.25) is 5.60 Å². The van der Waals surface area contributed by atoms with Crippen LogP contribution in [0, 0.1) is 0 Å². The molecule has 1 N–H and O–H groups in total. The number of hydrogen-bond donors (Lipinski definition) is 1. The van der Waals surface area contributed by atoms with Crippen LogP contribution >= 0.6 is 23.2 Å². The molecule has 0 unspecified atom stereocenters. The Morgan fingerprint density at radius 3 is 1.71 bits per heavy atom. The van der Waals surface area contributed by atoms with Crippen molar-refractivity contribution in [1.82, 2.24) is 0 Å². The normalized spacial score (nSPS) is 13.6. The maximum absolute atomic E-state index is 12.7. The molecule has 0 saturated carbocycles. The van der Waals surface area contributed by atoms with Crippen molar-refractivity contribution >= 4 is 34.8 Å². The van der Waals surface area contributed by atoms with Crippen LogP contribution in [0.4, 0.5) is 17.6 Å². The molecule has 0 saturated heterocycles. The van der Waals surface area contributed by atoms with Gasteiger partial charge in [0.25, 0.3) is 0 Å². The number of carbonyl (C=O) groups is 2. The van der Waals surface area contributed by atoms with Crippen LogP contribution in [-0.4, -0.2) is 33.0 Å². The van der Waals surface area contributed by atoms with Crippen LogP contribution in [0.25, 0.3) is 0 Å². The highest BCUT2D eigenvalue weighted by Gasteiger charge is 2.67. The average Bonchev–Trinajstić information content (AvgIpc) is 1.97. The predicted molar refractivity (Wildman–Crippen MR) is 51.5 cm³/mol. The van der Waals surface area contributed by atoms with Gasteiger partial charge in [-0.2, -0.15) is 17.6 Å². The van der Waals surface area contributed by atoms with Crippen molar-refractivity contribution in [2.75, 3.05) is 0 Å². The van der Waals surface area contributed by atoms with Gasteiger partial charge in [-0.3, -0.25) is 9.59 Å². The van der Waals surface area contributed by atoms with Crippen LogP contribution in [0.1, 0.15) is 19.8 Å². The van der Waals surface area contributed by atoms with E-state index in [2.05, 4.69) is 23.2 Å². The molecule has 0 heterocycles. The van der Waals surface area contributed by atoms with Crippen molar-refractivity contribution in [3.05, 3.63) is 0 Å². The molecule has 0 radical (unpaired) electrons. The first-order chi connectivity index (χ1) is 7.31. The lowest BCUT2D eigenvalue weighted by Crippen LogP contribution is -2.57. The summed E-state index contributed by atoms with van der Waals surface area (Å²) in [6, 6.07) is 0. The predicted octanol–water partition coefficient (Wildman–Crippen LogP) is 2.32. The van der Waals surface area contributed by atoms with E-state index in [1.165, 1.54) is 0 Å². The van der Waals surface area contributed by atoms with Gasteiger partial charge < -0.3 is 5.11 Å². The maximum Gasteiger partial charge on any atom is 0.357 e. The molecule has 3 nitrogen and oxygen atoms in total. The monoisotopic (exact) mass is 298 g/mol. The molecular weight excluding hydrogens is 291 g/mol. The van der Waals surface area contributed by atoms with E-state index in [4.69, 9.17) is 5.11 Å². The molecule has 0 aromatic rings. The molecule has 0 aromatic heterocycles. The molecule has 0 rings (SSSR count). The Morgan fingerprint density at radius 2 is 1.47 bits per heavy atom. The number of carbonyl (C=O) groups excluding carboxylic acids is 2. The second-order valence-electron chi connectivity index (χ2n) is 3.45. The quantitative estimate of drug-likeness (QED) is 0.465. The number of hydrogen-bond acceptors (Lipinski definition) is 3. The molecule has 0 spiro atoms. The molecule has 0 bridgehead atoms. The van der Waals surface area contributed by atoms with Crippen LogP contribution < -0.4 is 0 Å². The topological polar surface area (TPSA) is 54.4 Å². The second kappa shape index (κ2) is 5.07. The van der Waals surface area contributed by atoms with Gasteiger partial charge in [-0.15, -0.1) is 0 Å². The summed E-state index contributed by atoms with van der Waals surface area (Å²) in [5.74, 6) is -2.05. The van der Waals surface area contributed by atoms with Crippen molar-refractivity contribution in [3.63, 3.8) is 0 Å². The van der Waals surface area contributed by atoms with E-state index >= 15 is 0 Å². The number of halogens is 6. The molecule has 0 aliphatic rings. The van der Waals surface area contributed by atoms with Gasteiger partial charge in [-0.1, -0.05) is 0 Å². The van der Waals surface area contributed by atoms with Crippen LogP contribution in [0.15, 0.2) is 0 Å². The molecule has 0 aliphatic carbocycles. The van der Waals surface area contributed by atoms with Gasteiger partial charge in [0, 0.05) is 0 Å². The SMILES string of the molecule is CC(=O)CC(=O)CC(O)(C(F)(F)Cl)C(F)(F)Cl. The largest absolute Gasteiger partial charge is 0.376 e. The molecule has 0 amide bonds. The van der Waals surface area contributed by atoms with Crippen molar-refractivity contribution in [2.45, 2.75) is 36.1 Å². The third-order valence-electron chi connectivity index (χ3n) is 1.84. The lowest BCUT2D eigenvalue weighted by atomic mass is 9.95. The highest BCUT2D eigenvalue weighted by Crippen LogP contribution is 2.48. The number of rotatable bonds is 6. The van der Waals surface area contributed by atoms with Gasteiger partial charge in [0.15, 0.2) is 0 Å². The summed E-state index contributed by atoms with van der Waals surface area (Å²) in [7, 11) is 0. The minimum Gasteiger partial charge on any atom is -0.376 e. The van der Waals surface area contributed by atoms with Crippen molar-refractivity contribution in [2.24, 2.45) is 0 Å². The van der Waals surface area contributed by atoms with E-state index in [9.17, 15) is 27.2 Å². The number of ketones is 2. The van der Waals surface area contributed by atoms with Crippen LogP contribution in [0.2, 0.25) is 0 Å². The highest BCUT2D eigenvalue weighted by molar-refractivity contribution is 6.26. The second-order valence-corrected chi connectivity index (χ2v) is 4.40. The van der Waals surface area contributed by atoms with Gasteiger partial charge in [-0.05, 0) is 30.1 Å². The molecular formula is C8H8Cl2F4O3. The first-order valence-corrected chi connectivity index (χ1v) is 4.94. The van der Waals surface area contributed by atoms with Gasteiger partial charge in [0.1, 0.15) is 11.6 Å². The summed E-state index contributed by atoms with van der Waals surface area (Å²) in [6.45, 7) is 0.953. The fourth-order valence-corrected chi connectivity index (χ4v) is 1.41. The van der Waals surface area contributed by atoms with Crippen LogP contribution in [0.5, 0.6) is 0 Å². The Bertz CT molecular complexity index is 308. The third-order valence-corrected chi connectivity index (χ3v) is 2.46. The zero-order valence-corrected chi connectivity index (χ0v) is 9.96. The van der Waals surface area contributed by atoms with Gasteiger partial charge >= 0.3 is 10.8 Å². The number of alkyl halides is 6. The summed E-state index contributed by atoms with van der Waals surface area (Å²) >= 11 is 8.64. The van der Waals surface area contributed by atoms with E-state index < -0.39 is 40.8 Å². The smallest absolute Gasteiger partial charge is 0.357 e. The van der Waals surface area contributed by atoms with Crippen molar-refractivity contribution in [3.8, 4) is 0 Å².